The quantitative estimate of drug-likeness (QED) is 0.861. The fourth-order valence-corrected chi connectivity index (χ4v) is 2.89. The van der Waals surface area contributed by atoms with E-state index in [1.54, 1.807) is 0 Å². The number of carbonyl (C=O) groups excluding carboxylic acids is 1. The van der Waals surface area contributed by atoms with Crippen molar-refractivity contribution in [3.63, 3.8) is 0 Å². The Balaban J connectivity index is 1.52. The summed E-state index contributed by atoms with van der Waals surface area (Å²) in [6, 6.07) is 8.58. The van der Waals surface area contributed by atoms with E-state index in [0.717, 1.165) is 38.3 Å². The van der Waals surface area contributed by atoms with Crippen molar-refractivity contribution in [1.29, 1.82) is 0 Å². The number of benzene rings is 1. The van der Waals surface area contributed by atoms with Gasteiger partial charge < -0.3 is 15.4 Å². The molecule has 0 aromatic heterocycles. The summed E-state index contributed by atoms with van der Waals surface area (Å²) in [5.41, 5.74) is 1.30. The van der Waals surface area contributed by atoms with E-state index in [-0.39, 0.29) is 5.91 Å². The normalized spacial score (nSPS) is 25.6. The van der Waals surface area contributed by atoms with Crippen molar-refractivity contribution in [3.05, 3.63) is 29.8 Å². The Morgan fingerprint density at radius 2 is 2.16 bits per heavy atom. The SMILES string of the molecule is O=C1CCC(CNCC2CCOc3ccccc32)N1. The van der Waals surface area contributed by atoms with E-state index in [4.69, 9.17) is 4.74 Å². The monoisotopic (exact) mass is 260 g/mol. The first-order valence-electron chi connectivity index (χ1n) is 7.05. The molecule has 4 heteroatoms. The van der Waals surface area contributed by atoms with Crippen LogP contribution in [0.1, 0.15) is 30.7 Å². The Labute approximate surface area is 113 Å². The summed E-state index contributed by atoms with van der Waals surface area (Å²) >= 11 is 0. The number of rotatable bonds is 4. The van der Waals surface area contributed by atoms with Gasteiger partial charge in [-0.25, -0.2) is 0 Å². The molecule has 19 heavy (non-hydrogen) atoms. The molecule has 2 aliphatic heterocycles. The third-order valence-electron chi connectivity index (χ3n) is 3.95. The van der Waals surface area contributed by atoms with Gasteiger partial charge in [0.25, 0.3) is 0 Å². The van der Waals surface area contributed by atoms with Gasteiger partial charge in [0, 0.05) is 31.5 Å². The third-order valence-corrected chi connectivity index (χ3v) is 3.95. The van der Waals surface area contributed by atoms with Crippen molar-refractivity contribution in [2.24, 2.45) is 0 Å². The number of nitrogens with one attached hydrogen (secondary N) is 2. The molecule has 0 aliphatic carbocycles. The first kappa shape index (κ1) is 12.5. The van der Waals surface area contributed by atoms with Crippen LogP contribution in [-0.4, -0.2) is 31.6 Å². The molecule has 2 unspecified atom stereocenters. The molecule has 4 nitrogen and oxygen atoms in total. The Bertz CT molecular complexity index is 461. The first-order valence-corrected chi connectivity index (χ1v) is 7.05. The molecular weight excluding hydrogens is 240 g/mol. The molecule has 102 valence electrons. The fourth-order valence-electron chi connectivity index (χ4n) is 2.89. The number of amides is 1. The van der Waals surface area contributed by atoms with Gasteiger partial charge in [0.2, 0.25) is 5.91 Å². The van der Waals surface area contributed by atoms with Crippen LogP contribution in [0.3, 0.4) is 0 Å². The third kappa shape index (κ3) is 2.89. The number of hydrogen-bond acceptors (Lipinski definition) is 3. The molecule has 1 aromatic rings. The zero-order chi connectivity index (χ0) is 13.1. The molecule has 1 fully saturated rings. The van der Waals surface area contributed by atoms with Crippen LogP contribution in [0, 0.1) is 0 Å². The number of carbonyl (C=O) groups is 1. The summed E-state index contributed by atoms with van der Waals surface area (Å²) in [7, 11) is 0. The molecule has 0 radical (unpaired) electrons. The summed E-state index contributed by atoms with van der Waals surface area (Å²) in [6.45, 7) is 2.61. The highest BCUT2D eigenvalue weighted by molar-refractivity contribution is 5.78. The van der Waals surface area contributed by atoms with Crippen LogP contribution >= 0.6 is 0 Å². The van der Waals surface area contributed by atoms with Gasteiger partial charge in [0.15, 0.2) is 0 Å². The van der Waals surface area contributed by atoms with Crippen LogP contribution in [0.2, 0.25) is 0 Å². The summed E-state index contributed by atoms with van der Waals surface area (Å²) in [6.07, 6.45) is 2.68. The number of para-hydroxylation sites is 1. The molecule has 1 amide bonds. The number of hydrogen-bond donors (Lipinski definition) is 2. The van der Waals surface area contributed by atoms with E-state index in [2.05, 4.69) is 22.8 Å². The van der Waals surface area contributed by atoms with Crippen molar-refractivity contribution in [2.75, 3.05) is 19.7 Å². The van der Waals surface area contributed by atoms with Gasteiger partial charge in [-0.1, -0.05) is 18.2 Å². The Morgan fingerprint density at radius 1 is 1.26 bits per heavy atom. The average Bonchev–Trinajstić information content (AvgIpc) is 2.85. The van der Waals surface area contributed by atoms with Crippen LogP contribution in [0.15, 0.2) is 24.3 Å². The zero-order valence-electron chi connectivity index (χ0n) is 11.0. The highest BCUT2D eigenvalue weighted by Crippen LogP contribution is 2.32. The largest absolute Gasteiger partial charge is 0.493 e. The van der Waals surface area contributed by atoms with Crippen molar-refractivity contribution in [2.45, 2.75) is 31.2 Å². The lowest BCUT2D eigenvalue weighted by Gasteiger charge is -2.26. The highest BCUT2D eigenvalue weighted by Gasteiger charge is 2.23. The molecule has 0 saturated carbocycles. The van der Waals surface area contributed by atoms with Crippen molar-refractivity contribution in [3.8, 4) is 5.75 Å². The summed E-state index contributed by atoms with van der Waals surface area (Å²) < 4.78 is 5.66. The lowest BCUT2D eigenvalue weighted by Crippen LogP contribution is -2.37. The van der Waals surface area contributed by atoms with Gasteiger partial charge in [0.1, 0.15) is 5.75 Å². The number of fused-ring (bicyclic) bond motifs is 1. The molecule has 1 aromatic carbocycles. The predicted molar refractivity (Wildman–Crippen MR) is 73.3 cm³/mol. The second-order valence-corrected chi connectivity index (χ2v) is 5.33. The van der Waals surface area contributed by atoms with Gasteiger partial charge in [-0.05, 0) is 24.5 Å². The average molecular weight is 260 g/mol. The standard InChI is InChI=1S/C15H20N2O2/c18-15-6-5-12(17-15)10-16-9-11-7-8-19-14-4-2-1-3-13(11)14/h1-4,11-12,16H,5-10H2,(H,17,18). The highest BCUT2D eigenvalue weighted by atomic mass is 16.5. The van der Waals surface area contributed by atoms with Crippen molar-refractivity contribution >= 4 is 5.91 Å². The molecule has 0 spiro atoms. The maximum atomic E-state index is 11.1. The summed E-state index contributed by atoms with van der Waals surface area (Å²) in [5, 5.41) is 6.47. The zero-order valence-corrected chi connectivity index (χ0v) is 11.0. The minimum Gasteiger partial charge on any atom is -0.493 e. The molecular formula is C15H20N2O2. The van der Waals surface area contributed by atoms with Crippen LogP contribution < -0.4 is 15.4 Å². The van der Waals surface area contributed by atoms with E-state index >= 15 is 0 Å². The van der Waals surface area contributed by atoms with Gasteiger partial charge in [-0.2, -0.15) is 0 Å². The summed E-state index contributed by atoms with van der Waals surface area (Å²) in [5.74, 6) is 1.72. The van der Waals surface area contributed by atoms with E-state index in [1.165, 1.54) is 5.56 Å². The first-order chi connectivity index (χ1) is 9.33. The molecule has 1 saturated heterocycles. The Morgan fingerprint density at radius 3 is 3.00 bits per heavy atom. The molecule has 2 atom stereocenters. The molecule has 2 aliphatic rings. The molecule has 2 N–H and O–H groups in total. The van der Waals surface area contributed by atoms with Gasteiger partial charge in [0.05, 0.1) is 6.61 Å². The van der Waals surface area contributed by atoms with Crippen molar-refractivity contribution < 1.29 is 9.53 Å². The second kappa shape index (κ2) is 5.61. The predicted octanol–water partition coefficient (Wildman–Crippen LogP) is 1.42. The van der Waals surface area contributed by atoms with E-state index in [1.807, 2.05) is 12.1 Å². The molecule has 2 heterocycles. The second-order valence-electron chi connectivity index (χ2n) is 5.33. The Hall–Kier alpha value is -1.55. The smallest absolute Gasteiger partial charge is 0.220 e. The van der Waals surface area contributed by atoms with Crippen LogP contribution in [0.5, 0.6) is 5.75 Å². The van der Waals surface area contributed by atoms with E-state index in [9.17, 15) is 4.79 Å². The minimum absolute atomic E-state index is 0.184. The maximum absolute atomic E-state index is 11.1. The minimum atomic E-state index is 0.184. The van der Waals surface area contributed by atoms with Crippen molar-refractivity contribution in [1.82, 2.24) is 10.6 Å². The Kier molecular flexibility index (Phi) is 3.69. The van der Waals surface area contributed by atoms with Crippen LogP contribution in [0.4, 0.5) is 0 Å². The molecule has 3 rings (SSSR count). The maximum Gasteiger partial charge on any atom is 0.220 e. The molecule has 0 bridgehead atoms. The van der Waals surface area contributed by atoms with E-state index in [0.29, 0.717) is 18.4 Å². The fraction of sp³-hybridized carbons (Fsp3) is 0.533. The van der Waals surface area contributed by atoms with Gasteiger partial charge in [-0.3, -0.25) is 4.79 Å². The van der Waals surface area contributed by atoms with E-state index < -0.39 is 0 Å². The lowest BCUT2D eigenvalue weighted by atomic mass is 9.93. The van der Waals surface area contributed by atoms with Gasteiger partial charge >= 0.3 is 0 Å². The van der Waals surface area contributed by atoms with Crippen LogP contribution in [-0.2, 0) is 4.79 Å². The van der Waals surface area contributed by atoms with Gasteiger partial charge in [-0.15, -0.1) is 0 Å². The van der Waals surface area contributed by atoms with Crippen LogP contribution in [0.25, 0.3) is 0 Å². The summed E-state index contributed by atoms with van der Waals surface area (Å²) in [4.78, 5) is 11.1. The lowest BCUT2D eigenvalue weighted by molar-refractivity contribution is -0.119. The number of ether oxygens (including phenoxy) is 1. The topological polar surface area (TPSA) is 50.4 Å².